The molecule has 0 saturated heterocycles. The smallest absolute Gasteiger partial charge is 0.131 e. The molecule has 14 heavy (non-hydrogen) atoms. The first-order valence-corrected chi connectivity index (χ1v) is 4.59. The van der Waals surface area contributed by atoms with Crippen molar-refractivity contribution < 1.29 is 4.74 Å². The number of rotatable bonds is 5. The van der Waals surface area contributed by atoms with Gasteiger partial charge in [0, 0.05) is 13.2 Å². The highest BCUT2D eigenvalue weighted by atomic mass is 16.5. The van der Waals surface area contributed by atoms with E-state index in [1.807, 2.05) is 0 Å². The molecule has 0 aliphatic rings. The summed E-state index contributed by atoms with van der Waals surface area (Å²) in [5, 5.41) is 3.21. The second kappa shape index (κ2) is 5.39. The molecular formula is C9H16N4O. The Hall–Kier alpha value is -1.36. The van der Waals surface area contributed by atoms with Gasteiger partial charge in [-0.15, -0.1) is 0 Å². The SMILES string of the molecule is CCC(COC)Nc1cc(N)ncn1. The van der Waals surface area contributed by atoms with Crippen LogP contribution in [-0.4, -0.2) is 29.7 Å². The molecular weight excluding hydrogens is 180 g/mol. The molecule has 1 aromatic heterocycles. The van der Waals surface area contributed by atoms with Crippen molar-refractivity contribution in [2.24, 2.45) is 0 Å². The van der Waals surface area contributed by atoms with Gasteiger partial charge in [-0.2, -0.15) is 0 Å². The molecule has 0 aliphatic carbocycles. The third-order valence-electron chi connectivity index (χ3n) is 1.90. The molecule has 1 heterocycles. The zero-order valence-electron chi connectivity index (χ0n) is 8.53. The normalized spacial score (nSPS) is 12.4. The van der Waals surface area contributed by atoms with Crippen molar-refractivity contribution in [1.29, 1.82) is 0 Å². The highest BCUT2D eigenvalue weighted by molar-refractivity contribution is 5.43. The largest absolute Gasteiger partial charge is 0.384 e. The fraction of sp³-hybridized carbons (Fsp3) is 0.556. The van der Waals surface area contributed by atoms with Crippen LogP contribution in [0.5, 0.6) is 0 Å². The zero-order chi connectivity index (χ0) is 10.4. The summed E-state index contributed by atoms with van der Waals surface area (Å²) in [6.07, 6.45) is 2.41. The third-order valence-corrected chi connectivity index (χ3v) is 1.90. The Morgan fingerprint density at radius 2 is 2.36 bits per heavy atom. The number of anilines is 2. The number of ether oxygens (including phenoxy) is 1. The van der Waals surface area contributed by atoms with E-state index in [1.165, 1.54) is 6.33 Å². The minimum atomic E-state index is 0.259. The lowest BCUT2D eigenvalue weighted by Crippen LogP contribution is -2.24. The lowest BCUT2D eigenvalue weighted by atomic mass is 10.2. The fourth-order valence-electron chi connectivity index (χ4n) is 1.12. The van der Waals surface area contributed by atoms with Crippen LogP contribution in [0.2, 0.25) is 0 Å². The van der Waals surface area contributed by atoms with Gasteiger partial charge in [-0.1, -0.05) is 6.92 Å². The maximum Gasteiger partial charge on any atom is 0.131 e. The second-order valence-corrected chi connectivity index (χ2v) is 3.03. The van der Waals surface area contributed by atoms with Crippen LogP contribution in [-0.2, 0) is 4.74 Å². The number of hydrogen-bond acceptors (Lipinski definition) is 5. The van der Waals surface area contributed by atoms with Crippen LogP contribution in [0.1, 0.15) is 13.3 Å². The van der Waals surface area contributed by atoms with E-state index in [9.17, 15) is 0 Å². The fourth-order valence-corrected chi connectivity index (χ4v) is 1.12. The van der Waals surface area contributed by atoms with Crippen LogP contribution in [0, 0.1) is 0 Å². The van der Waals surface area contributed by atoms with Gasteiger partial charge in [0.05, 0.1) is 12.6 Å². The first-order valence-electron chi connectivity index (χ1n) is 4.59. The number of nitrogens with zero attached hydrogens (tertiary/aromatic N) is 2. The van der Waals surface area contributed by atoms with Gasteiger partial charge in [0.2, 0.25) is 0 Å². The van der Waals surface area contributed by atoms with E-state index >= 15 is 0 Å². The molecule has 0 radical (unpaired) electrons. The Labute approximate surface area is 83.7 Å². The van der Waals surface area contributed by atoms with Crippen LogP contribution >= 0.6 is 0 Å². The molecule has 0 aliphatic heterocycles. The maximum atomic E-state index is 5.53. The third kappa shape index (κ3) is 3.18. The summed E-state index contributed by atoms with van der Waals surface area (Å²) in [6.45, 7) is 2.74. The van der Waals surface area contributed by atoms with Crippen molar-refractivity contribution in [2.45, 2.75) is 19.4 Å². The van der Waals surface area contributed by atoms with Crippen molar-refractivity contribution in [3.05, 3.63) is 12.4 Å². The predicted octanol–water partition coefficient (Wildman–Crippen LogP) is 0.896. The highest BCUT2D eigenvalue weighted by Gasteiger charge is 2.05. The van der Waals surface area contributed by atoms with Crippen molar-refractivity contribution in [1.82, 2.24) is 9.97 Å². The standard InChI is InChI=1S/C9H16N4O/c1-3-7(5-14-2)13-9-4-8(10)11-6-12-9/h4,6-7H,3,5H2,1-2H3,(H3,10,11,12,13). The van der Waals surface area contributed by atoms with Crippen molar-refractivity contribution in [3.8, 4) is 0 Å². The number of nitrogens with one attached hydrogen (secondary N) is 1. The number of methoxy groups -OCH3 is 1. The van der Waals surface area contributed by atoms with Gasteiger partial charge in [0.1, 0.15) is 18.0 Å². The molecule has 5 heteroatoms. The van der Waals surface area contributed by atoms with E-state index in [2.05, 4.69) is 22.2 Å². The van der Waals surface area contributed by atoms with Crippen LogP contribution in [0.3, 0.4) is 0 Å². The van der Waals surface area contributed by atoms with Crippen LogP contribution in [0.25, 0.3) is 0 Å². The van der Waals surface area contributed by atoms with E-state index in [0.717, 1.165) is 12.2 Å². The Balaban J connectivity index is 2.57. The van der Waals surface area contributed by atoms with E-state index in [-0.39, 0.29) is 6.04 Å². The topological polar surface area (TPSA) is 73.1 Å². The summed E-state index contributed by atoms with van der Waals surface area (Å²) in [5.74, 6) is 1.20. The molecule has 1 atom stereocenters. The Kier molecular flexibility index (Phi) is 4.12. The average molecular weight is 196 g/mol. The lowest BCUT2D eigenvalue weighted by molar-refractivity contribution is 0.184. The summed E-state index contributed by atoms with van der Waals surface area (Å²) < 4.78 is 5.06. The first-order chi connectivity index (χ1) is 6.76. The van der Waals surface area contributed by atoms with Gasteiger partial charge in [-0.25, -0.2) is 9.97 Å². The van der Waals surface area contributed by atoms with Crippen molar-refractivity contribution in [2.75, 3.05) is 24.8 Å². The molecule has 1 aromatic rings. The second-order valence-electron chi connectivity index (χ2n) is 3.03. The van der Waals surface area contributed by atoms with E-state index in [4.69, 9.17) is 10.5 Å². The predicted molar refractivity (Wildman–Crippen MR) is 56.0 cm³/mol. The van der Waals surface area contributed by atoms with Gasteiger partial charge in [0.15, 0.2) is 0 Å². The summed E-state index contributed by atoms with van der Waals surface area (Å²) in [5.41, 5.74) is 5.53. The minimum absolute atomic E-state index is 0.259. The van der Waals surface area contributed by atoms with E-state index in [1.54, 1.807) is 13.2 Å². The average Bonchev–Trinajstić information content (AvgIpc) is 2.17. The van der Waals surface area contributed by atoms with Crippen LogP contribution in [0.4, 0.5) is 11.6 Å². The van der Waals surface area contributed by atoms with Gasteiger partial charge < -0.3 is 15.8 Å². The van der Waals surface area contributed by atoms with Crippen LogP contribution < -0.4 is 11.1 Å². The quantitative estimate of drug-likeness (QED) is 0.731. The maximum absolute atomic E-state index is 5.53. The molecule has 0 spiro atoms. The van der Waals surface area contributed by atoms with E-state index < -0.39 is 0 Å². The Bertz CT molecular complexity index is 279. The van der Waals surface area contributed by atoms with Gasteiger partial charge in [0.25, 0.3) is 0 Å². The van der Waals surface area contributed by atoms with Gasteiger partial charge in [-0.05, 0) is 6.42 Å². The van der Waals surface area contributed by atoms with Gasteiger partial charge in [-0.3, -0.25) is 0 Å². The number of nitrogen functional groups attached to an aromatic ring is 1. The van der Waals surface area contributed by atoms with E-state index in [0.29, 0.717) is 12.4 Å². The number of aromatic nitrogens is 2. The number of hydrogen-bond donors (Lipinski definition) is 2. The molecule has 0 bridgehead atoms. The molecule has 78 valence electrons. The molecule has 1 unspecified atom stereocenters. The Morgan fingerprint density at radius 3 is 2.93 bits per heavy atom. The molecule has 3 N–H and O–H groups in total. The Morgan fingerprint density at radius 1 is 1.57 bits per heavy atom. The highest BCUT2D eigenvalue weighted by Crippen LogP contribution is 2.08. The first kappa shape index (κ1) is 10.7. The lowest BCUT2D eigenvalue weighted by Gasteiger charge is -2.16. The summed E-state index contributed by atoms with van der Waals surface area (Å²) in [4.78, 5) is 7.87. The molecule has 0 fully saturated rings. The molecule has 0 saturated carbocycles. The van der Waals surface area contributed by atoms with Crippen molar-refractivity contribution >= 4 is 11.6 Å². The number of nitrogens with two attached hydrogens (primary N) is 1. The van der Waals surface area contributed by atoms with Gasteiger partial charge >= 0.3 is 0 Å². The molecule has 0 aromatic carbocycles. The summed E-state index contributed by atoms with van der Waals surface area (Å²) >= 11 is 0. The van der Waals surface area contributed by atoms with Crippen molar-refractivity contribution in [3.63, 3.8) is 0 Å². The van der Waals surface area contributed by atoms with Crippen LogP contribution in [0.15, 0.2) is 12.4 Å². The zero-order valence-corrected chi connectivity index (χ0v) is 8.53. The molecule has 1 rings (SSSR count). The molecule has 0 amide bonds. The monoisotopic (exact) mass is 196 g/mol. The summed E-state index contributed by atoms with van der Waals surface area (Å²) in [6, 6.07) is 1.97. The molecule has 5 nitrogen and oxygen atoms in total. The summed E-state index contributed by atoms with van der Waals surface area (Å²) in [7, 11) is 1.68. The minimum Gasteiger partial charge on any atom is -0.384 e.